The molecule has 0 aliphatic carbocycles. The predicted octanol–water partition coefficient (Wildman–Crippen LogP) is 3.87. The smallest absolute Gasteiger partial charge is 0.261 e. The monoisotopic (exact) mass is 475 g/mol. The number of halogens is 1. The zero-order valence-corrected chi connectivity index (χ0v) is 19.0. The van der Waals surface area contributed by atoms with Gasteiger partial charge in [0.25, 0.3) is 15.9 Å². The maximum Gasteiger partial charge on any atom is 0.261 e. The average molecular weight is 476 g/mol. The number of benzene rings is 2. The molecule has 1 heterocycles. The van der Waals surface area contributed by atoms with Crippen molar-refractivity contribution in [3.8, 4) is 11.5 Å². The van der Waals surface area contributed by atoms with Gasteiger partial charge in [0, 0.05) is 24.5 Å². The van der Waals surface area contributed by atoms with E-state index in [2.05, 4.69) is 15.0 Å². The van der Waals surface area contributed by atoms with Crippen LogP contribution in [0.25, 0.3) is 0 Å². The normalized spacial score (nSPS) is 11.0. The largest absolute Gasteiger partial charge is 0.493 e. The molecule has 1 amide bonds. The zero-order chi connectivity index (χ0) is 23.1. The van der Waals surface area contributed by atoms with E-state index in [1.165, 1.54) is 43.8 Å². The van der Waals surface area contributed by atoms with Gasteiger partial charge in [0.15, 0.2) is 11.5 Å². The van der Waals surface area contributed by atoms with E-state index in [4.69, 9.17) is 21.1 Å². The average Bonchev–Trinajstić information content (AvgIpc) is 2.79. The van der Waals surface area contributed by atoms with E-state index in [9.17, 15) is 13.2 Å². The third-order valence-electron chi connectivity index (χ3n) is 4.39. The van der Waals surface area contributed by atoms with E-state index < -0.39 is 10.0 Å². The molecule has 32 heavy (non-hydrogen) atoms. The van der Waals surface area contributed by atoms with Crippen molar-refractivity contribution in [1.82, 2.24) is 10.3 Å². The first-order chi connectivity index (χ1) is 15.3. The molecule has 0 unspecified atom stereocenters. The van der Waals surface area contributed by atoms with E-state index in [1.807, 2.05) is 6.92 Å². The predicted molar refractivity (Wildman–Crippen MR) is 122 cm³/mol. The zero-order valence-electron chi connectivity index (χ0n) is 17.5. The van der Waals surface area contributed by atoms with Crippen LogP contribution in [0.15, 0.2) is 65.8 Å². The molecular formula is C22H22ClN3O5S. The van der Waals surface area contributed by atoms with Gasteiger partial charge in [-0.1, -0.05) is 11.6 Å². The highest BCUT2D eigenvalue weighted by Gasteiger charge is 2.16. The molecule has 0 spiro atoms. The standard InChI is InChI=1S/C22H22ClN3O5S/c1-3-31-21-19(23)12-15(13-20(21)30-2)14-25-22(27)16-4-6-18(7-5-16)32(28,29)26-17-8-10-24-11-9-17/h4-13H,3,14H2,1-2H3,(H,24,26)(H,25,27). The van der Waals surface area contributed by atoms with Crippen LogP contribution in [-0.2, 0) is 16.6 Å². The number of pyridine rings is 1. The summed E-state index contributed by atoms with van der Waals surface area (Å²) in [5.74, 6) is 0.559. The fourth-order valence-corrected chi connectivity index (χ4v) is 4.21. The van der Waals surface area contributed by atoms with Gasteiger partial charge in [-0.25, -0.2) is 8.42 Å². The van der Waals surface area contributed by atoms with Crippen LogP contribution in [-0.4, -0.2) is 33.0 Å². The summed E-state index contributed by atoms with van der Waals surface area (Å²) >= 11 is 6.26. The van der Waals surface area contributed by atoms with Gasteiger partial charge in [0.2, 0.25) is 0 Å². The lowest BCUT2D eigenvalue weighted by molar-refractivity contribution is 0.0950. The number of sulfonamides is 1. The molecule has 0 atom stereocenters. The molecule has 0 radical (unpaired) electrons. The molecule has 0 aliphatic rings. The molecule has 0 aliphatic heterocycles. The molecule has 0 fully saturated rings. The second-order valence-electron chi connectivity index (χ2n) is 6.59. The van der Waals surface area contributed by atoms with Crippen LogP contribution < -0.4 is 19.5 Å². The van der Waals surface area contributed by atoms with Gasteiger partial charge < -0.3 is 14.8 Å². The Bertz CT molecular complexity index is 1190. The third-order valence-corrected chi connectivity index (χ3v) is 6.07. The highest BCUT2D eigenvalue weighted by atomic mass is 35.5. The van der Waals surface area contributed by atoms with Crippen LogP contribution in [0, 0.1) is 0 Å². The Kier molecular flexibility index (Phi) is 7.55. The SMILES string of the molecule is CCOc1c(Cl)cc(CNC(=O)c2ccc(S(=O)(=O)Nc3ccncc3)cc2)cc1OC. The summed E-state index contributed by atoms with van der Waals surface area (Å²) in [7, 11) is -2.27. The van der Waals surface area contributed by atoms with E-state index >= 15 is 0 Å². The van der Waals surface area contributed by atoms with Crippen LogP contribution >= 0.6 is 11.6 Å². The molecular weight excluding hydrogens is 454 g/mol. The van der Waals surface area contributed by atoms with Gasteiger partial charge in [0.1, 0.15) is 0 Å². The first-order valence-corrected chi connectivity index (χ1v) is 11.5. The molecule has 3 rings (SSSR count). The Morgan fingerprint density at radius 2 is 1.78 bits per heavy atom. The quantitative estimate of drug-likeness (QED) is 0.486. The topological polar surface area (TPSA) is 107 Å². The summed E-state index contributed by atoms with van der Waals surface area (Å²) in [6.45, 7) is 2.48. The fraction of sp³-hybridized carbons (Fsp3) is 0.182. The molecule has 2 aromatic carbocycles. The second kappa shape index (κ2) is 10.3. The number of ether oxygens (including phenoxy) is 2. The van der Waals surface area contributed by atoms with Crippen molar-refractivity contribution >= 4 is 33.2 Å². The van der Waals surface area contributed by atoms with Gasteiger partial charge in [-0.2, -0.15) is 0 Å². The number of carbonyl (C=O) groups excluding carboxylic acids is 1. The molecule has 8 nitrogen and oxygen atoms in total. The Morgan fingerprint density at radius 1 is 1.09 bits per heavy atom. The third kappa shape index (κ3) is 5.68. The molecule has 0 saturated heterocycles. The Labute approximate surface area is 191 Å². The van der Waals surface area contributed by atoms with Crippen molar-refractivity contribution in [2.45, 2.75) is 18.4 Å². The number of hydrogen-bond acceptors (Lipinski definition) is 6. The number of methoxy groups -OCH3 is 1. The number of nitrogens with zero attached hydrogens (tertiary/aromatic N) is 1. The van der Waals surface area contributed by atoms with Crippen LogP contribution in [0.1, 0.15) is 22.8 Å². The van der Waals surface area contributed by atoms with E-state index in [1.54, 1.807) is 24.3 Å². The van der Waals surface area contributed by atoms with Crippen LogP contribution in [0.5, 0.6) is 11.5 Å². The van der Waals surface area contributed by atoms with Crippen LogP contribution in [0.2, 0.25) is 5.02 Å². The summed E-state index contributed by atoms with van der Waals surface area (Å²) in [6, 6.07) is 12.1. The van der Waals surface area contributed by atoms with Crippen molar-refractivity contribution in [2.75, 3.05) is 18.4 Å². The Balaban J connectivity index is 1.67. The number of aromatic nitrogens is 1. The Morgan fingerprint density at radius 3 is 2.41 bits per heavy atom. The summed E-state index contributed by atoms with van der Waals surface area (Å²) in [5, 5.41) is 3.16. The molecule has 0 bridgehead atoms. The van der Waals surface area contributed by atoms with Crippen molar-refractivity contribution < 1.29 is 22.7 Å². The minimum Gasteiger partial charge on any atom is -0.493 e. The maximum absolute atomic E-state index is 12.5. The lowest BCUT2D eigenvalue weighted by Crippen LogP contribution is -2.23. The van der Waals surface area contributed by atoms with Gasteiger partial charge in [-0.15, -0.1) is 0 Å². The molecule has 168 valence electrons. The molecule has 2 N–H and O–H groups in total. The summed E-state index contributed by atoms with van der Waals surface area (Å²) in [4.78, 5) is 16.4. The maximum atomic E-state index is 12.5. The number of nitrogens with one attached hydrogen (secondary N) is 2. The van der Waals surface area contributed by atoms with E-state index in [-0.39, 0.29) is 17.3 Å². The van der Waals surface area contributed by atoms with Crippen molar-refractivity contribution in [2.24, 2.45) is 0 Å². The van der Waals surface area contributed by atoms with E-state index in [0.717, 1.165) is 5.56 Å². The van der Waals surface area contributed by atoms with Gasteiger partial charge in [0.05, 0.1) is 29.3 Å². The van der Waals surface area contributed by atoms with Crippen molar-refractivity contribution in [3.05, 3.63) is 77.1 Å². The fourth-order valence-electron chi connectivity index (χ4n) is 2.86. The minimum absolute atomic E-state index is 0.0360. The van der Waals surface area contributed by atoms with Gasteiger partial charge >= 0.3 is 0 Å². The van der Waals surface area contributed by atoms with Gasteiger partial charge in [-0.3, -0.25) is 14.5 Å². The lowest BCUT2D eigenvalue weighted by Gasteiger charge is -2.13. The van der Waals surface area contributed by atoms with Crippen molar-refractivity contribution in [1.29, 1.82) is 0 Å². The second-order valence-corrected chi connectivity index (χ2v) is 8.68. The van der Waals surface area contributed by atoms with Gasteiger partial charge in [-0.05, 0) is 61.0 Å². The van der Waals surface area contributed by atoms with Crippen LogP contribution in [0.3, 0.4) is 0 Å². The number of rotatable bonds is 9. The summed E-state index contributed by atoms with van der Waals surface area (Å²) < 4.78 is 38.2. The molecule has 10 heteroatoms. The number of anilines is 1. The number of amides is 1. The van der Waals surface area contributed by atoms with E-state index in [0.29, 0.717) is 34.4 Å². The highest BCUT2D eigenvalue weighted by Crippen LogP contribution is 2.36. The molecule has 3 aromatic rings. The summed E-state index contributed by atoms with van der Waals surface area (Å²) in [5.41, 5.74) is 1.44. The minimum atomic E-state index is -3.78. The Hall–Kier alpha value is -3.30. The molecule has 0 saturated carbocycles. The first-order valence-electron chi connectivity index (χ1n) is 9.64. The number of hydrogen-bond donors (Lipinski definition) is 2. The number of carbonyl (C=O) groups is 1. The highest BCUT2D eigenvalue weighted by molar-refractivity contribution is 7.92. The van der Waals surface area contributed by atoms with Crippen molar-refractivity contribution in [3.63, 3.8) is 0 Å². The first kappa shape index (κ1) is 23.4. The lowest BCUT2D eigenvalue weighted by atomic mass is 10.1. The molecule has 1 aromatic heterocycles. The van der Waals surface area contributed by atoms with Crippen LogP contribution in [0.4, 0.5) is 5.69 Å². The summed E-state index contributed by atoms with van der Waals surface area (Å²) in [6.07, 6.45) is 2.97.